The minimum absolute atomic E-state index is 0.222. The number of hydrogen-bond acceptors (Lipinski definition) is 6. The second-order valence-electron chi connectivity index (χ2n) is 15.5. The molecule has 0 spiro atoms. The van der Waals surface area contributed by atoms with Crippen molar-refractivity contribution in [1.29, 1.82) is 0 Å². The van der Waals surface area contributed by atoms with E-state index in [1.165, 1.54) is 73.6 Å². The maximum Gasteiger partial charge on any atom is 0.165 e. The predicted molar refractivity (Wildman–Crippen MR) is 249 cm³/mol. The molecule has 0 N–H and O–H groups in total. The Hall–Kier alpha value is -6.99. The Labute approximate surface area is 348 Å². The molecule has 0 saturated heterocycles. The average molecular weight is 789 g/mol. The fourth-order valence-corrected chi connectivity index (χ4v) is 11.9. The molecule has 276 valence electrons. The highest BCUT2D eigenvalue weighted by Crippen LogP contribution is 2.57. The summed E-state index contributed by atoms with van der Waals surface area (Å²) in [7, 11) is 0. The molecular formula is C53H32N4S2. The van der Waals surface area contributed by atoms with Crippen LogP contribution in [-0.2, 0) is 0 Å². The number of fused-ring (bicyclic) bond motifs is 13. The van der Waals surface area contributed by atoms with Gasteiger partial charge in [0.1, 0.15) is 0 Å². The molecule has 0 amide bonds. The zero-order valence-electron chi connectivity index (χ0n) is 31.6. The highest BCUT2D eigenvalue weighted by atomic mass is 32.1. The molecule has 2 aliphatic carbocycles. The van der Waals surface area contributed by atoms with Crippen molar-refractivity contribution in [2.45, 2.75) is 5.92 Å². The molecule has 0 radical (unpaired) electrons. The van der Waals surface area contributed by atoms with Crippen molar-refractivity contribution in [1.82, 2.24) is 15.0 Å². The number of benzene rings is 7. The summed E-state index contributed by atoms with van der Waals surface area (Å²) < 4.78 is 4.97. The Bertz CT molecular complexity index is 3530. The molecule has 59 heavy (non-hydrogen) atoms. The lowest BCUT2D eigenvalue weighted by molar-refractivity contribution is 0.654. The standard InChI is InChI=1S/C53H32N4S2/c1-3-12-36-31(10-1)22-27-43-48(36)49-37-13-4-2-11-32(37)23-28-44(49)57(43)35-25-20-33(21-26-35)51-54-52(34-24-29-47-42(30-34)39-15-6-7-18-45(39)58-47)56-53(55-51)41-17-9-16-40-38-14-5-8-19-46(38)59-50(40)41/h1-30,36,48H. The molecule has 10 aromatic rings. The molecule has 13 rings (SSSR count). The van der Waals surface area contributed by atoms with E-state index in [1.54, 1.807) is 11.3 Å². The van der Waals surface area contributed by atoms with Crippen LogP contribution in [0.15, 0.2) is 193 Å². The monoisotopic (exact) mass is 788 g/mol. The van der Waals surface area contributed by atoms with Crippen molar-refractivity contribution < 1.29 is 0 Å². The van der Waals surface area contributed by atoms with Gasteiger partial charge in [-0.05, 0) is 94.7 Å². The van der Waals surface area contributed by atoms with E-state index in [0.717, 1.165) is 22.4 Å². The number of allylic oxidation sites excluding steroid dienone is 8. The van der Waals surface area contributed by atoms with Crippen LogP contribution in [0.1, 0.15) is 11.5 Å². The molecular weight excluding hydrogens is 757 g/mol. The maximum absolute atomic E-state index is 5.27. The molecule has 0 saturated carbocycles. The Morgan fingerprint density at radius 2 is 1.20 bits per heavy atom. The van der Waals surface area contributed by atoms with Gasteiger partial charge in [-0.15, -0.1) is 22.7 Å². The van der Waals surface area contributed by atoms with Gasteiger partial charge in [0.2, 0.25) is 0 Å². The molecule has 2 unspecified atom stereocenters. The third-order valence-electron chi connectivity index (χ3n) is 12.3. The van der Waals surface area contributed by atoms with Crippen LogP contribution in [-0.4, -0.2) is 15.0 Å². The van der Waals surface area contributed by atoms with Crippen LogP contribution in [0.3, 0.4) is 0 Å². The number of hydrogen-bond donors (Lipinski definition) is 0. The number of thiophene rings is 2. The SMILES string of the molecule is C1=CC2=CC=C3C(c4c(ccc5ccccc45)N3c3ccc(-c4nc(-c5ccc6sc7ccccc7c6c5)nc(-c5cccc6c5sc5ccccc56)n4)cc3)C2C=C1. The first-order valence-corrected chi connectivity index (χ1v) is 21.6. The normalized spacial score (nSPS) is 16.8. The topological polar surface area (TPSA) is 41.9 Å². The first-order valence-electron chi connectivity index (χ1n) is 20.0. The van der Waals surface area contributed by atoms with Crippen LogP contribution in [0, 0.1) is 5.92 Å². The largest absolute Gasteiger partial charge is 0.313 e. The fraction of sp³-hybridized carbons (Fsp3) is 0.0377. The molecule has 4 nitrogen and oxygen atoms in total. The third-order valence-corrected chi connectivity index (χ3v) is 14.7. The molecule has 6 heteroatoms. The van der Waals surface area contributed by atoms with Crippen molar-refractivity contribution >= 4 is 85.2 Å². The summed E-state index contributed by atoms with van der Waals surface area (Å²) in [5, 5.41) is 7.54. The molecule has 0 bridgehead atoms. The summed E-state index contributed by atoms with van der Waals surface area (Å²) in [4.78, 5) is 18.2. The first-order chi connectivity index (χ1) is 29.2. The van der Waals surface area contributed by atoms with Gasteiger partial charge in [-0.25, -0.2) is 15.0 Å². The number of nitrogens with zero attached hydrogens (tertiary/aromatic N) is 4. The summed E-state index contributed by atoms with van der Waals surface area (Å²) in [6.45, 7) is 0. The zero-order chi connectivity index (χ0) is 38.6. The van der Waals surface area contributed by atoms with Gasteiger partial charge < -0.3 is 4.90 Å². The lowest BCUT2D eigenvalue weighted by Gasteiger charge is -2.31. The Balaban J connectivity index is 0.972. The van der Waals surface area contributed by atoms with E-state index >= 15 is 0 Å². The molecule has 0 fully saturated rings. The van der Waals surface area contributed by atoms with Gasteiger partial charge >= 0.3 is 0 Å². The Kier molecular flexibility index (Phi) is 7.14. The van der Waals surface area contributed by atoms with Crippen molar-refractivity contribution in [2.24, 2.45) is 5.92 Å². The van der Waals surface area contributed by atoms with E-state index in [2.05, 4.69) is 187 Å². The van der Waals surface area contributed by atoms with Crippen molar-refractivity contribution in [3.05, 3.63) is 199 Å². The van der Waals surface area contributed by atoms with E-state index in [-0.39, 0.29) is 11.8 Å². The summed E-state index contributed by atoms with van der Waals surface area (Å²) in [6, 6.07) is 52.5. The smallest absolute Gasteiger partial charge is 0.165 e. The van der Waals surface area contributed by atoms with E-state index in [0.29, 0.717) is 17.5 Å². The molecule has 4 heterocycles. The van der Waals surface area contributed by atoms with Gasteiger partial charge in [-0.2, -0.15) is 0 Å². The van der Waals surface area contributed by atoms with Gasteiger partial charge in [0.15, 0.2) is 17.5 Å². The number of anilines is 2. The van der Waals surface area contributed by atoms with Crippen LogP contribution in [0.4, 0.5) is 11.4 Å². The first kappa shape index (κ1) is 33.0. The molecule has 3 aliphatic rings. The van der Waals surface area contributed by atoms with Crippen LogP contribution in [0.5, 0.6) is 0 Å². The molecule has 7 aromatic carbocycles. The number of rotatable bonds is 4. The van der Waals surface area contributed by atoms with Crippen molar-refractivity contribution in [2.75, 3.05) is 4.90 Å². The average Bonchev–Trinajstić information content (AvgIpc) is 3.98. The second-order valence-corrected chi connectivity index (χ2v) is 17.6. The van der Waals surface area contributed by atoms with Crippen molar-refractivity contribution in [3.63, 3.8) is 0 Å². The van der Waals surface area contributed by atoms with Gasteiger partial charge in [0, 0.05) is 80.3 Å². The van der Waals surface area contributed by atoms with E-state index in [9.17, 15) is 0 Å². The highest BCUT2D eigenvalue weighted by molar-refractivity contribution is 7.26. The Morgan fingerprint density at radius 1 is 0.508 bits per heavy atom. The van der Waals surface area contributed by atoms with Crippen LogP contribution in [0.25, 0.3) is 85.3 Å². The molecule has 1 aliphatic heterocycles. The van der Waals surface area contributed by atoms with Crippen LogP contribution < -0.4 is 4.90 Å². The zero-order valence-corrected chi connectivity index (χ0v) is 33.2. The van der Waals surface area contributed by atoms with Crippen LogP contribution in [0.2, 0.25) is 0 Å². The summed E-state index contributed by atoms with van der Waals surface area (Å²) in [6.07, 6.45) is 13.6. The quantitative estimate of drug-likeness (QED) is 0.178. The second kappa shape index (κ2) is 12.8. The molecule has 3 aromatic heterocycles. The summed E-state index contributed by atoms with van der Waals surface area (Å²) in [5.41, 5.74) is 9.34. The lowest BCUT2D eigenvalue weighted by Crippen LogP contribution is -2.21. The van der Waals surface area contributed by atoms with Crippen LogP contribution >= 0.6 is 22.7 Å². The van der Waals surface area contributed by atoms with Crippen molar-refractivity contribution in [3.8, 4) is 34.2 Å². The van der Waals surface area contributed by atoms with Gasteiger partial charge in [0.25, 0.3) is 0 Å². The minimum atomic E-state index is 0.222. The number of aromatic nitrogens is 3. The van der Waals surface area contributed by atoms with E-state index in [4.69, 9.17) is 15.0 Å². The molecule has 2 atom stereocenters. The third kappa shape index (κ3) is 5.03. The predicted octanol–water partition coefficient (Wildman–Crippen LogP) is 14.6. The van der Waals surface area contributed by atoms with E-state index in [1.807, 2.05) is 11.3 Å². The van der Waals surface area contributed by atoms with Gasteiger partial charge in [-0.1, -0.05) is 109 Å². The van der Waals surface area contributed by atoms with E-state index < -0.39 is 0 Å². The lowest BCUT2D eigenvalue weighted by atomic mass is 9.75. The Morgan fingerprint density at radius 3 is 2.07 bits per heavy atom. The fourth-order valence-electron chi connectivity index (χ4n) is 9.59. The minimum Gasteiger partial charge on any atom is -0.313 e. The summed E-state index contributed by atoms with van der Waals surface area (Å²) in [5.74, 6) is 2.50. The maximum atomic E-state index is 5.27. The summed E-state index contributed by atoms with van der Waals surface area (Å²) >= 11 is 3.62. The van der Waals surface area contributed by atoms with Gasteiger partial charge in [-0.3, -0.25) is 0 Å². The van der Waals surface area contributed by atoms with Gasteiger partial charge in [0.05, 0.1) is 5.69 Å². The highest BCUT2D eigenvalue weighted by Gasteiger charge is 2.42.